The lowest BCUT2D eigenvalue weighted by molar-refractivity contribution is -0.148. The van der Waals surface area contributed by atoms with Crippen LogP contribution in [0.25, 0.3) is 0 Å². The van der Waals surface area contributed by atoms with Crippen LogP contribution < -0.4 is 43.8 Å². The average molecular weight is 1110 g/mol. The Hall–Kier alpha value is -7.70. The number of hydrogen-bond donors (Lipinski definition) is 13. The van der Waals surface area contributed by atoms with E-state index in [1.54, 1.807) is 0 Å². The van der Waals surface area contributed by atoms with Crippen molar-refractivity contribution in [1.82, 2.24) is 46.2 Å². The van der Waals surface area contributed by atoms with Crippen LogP contribution in [0.15, 0.2) is 4.99 Å². The molecule has 0 radical (unpaired) electrons. The lowest BCUT2D eigenvalue weighted by Crippen LogP contribution is -2.60. The number of nitrogens with one attached hydrogen (secondary N) is 5. The van der Waals surface area contributed by atoms with Gasteiger partial charge in [-0.15, -0.1) is 0 Å². The number of guanidine groups is 1. The van der Waals surface area contributed by atoms with E-state index in [4.69, 9.17) is 22.3 Å². The Bertz CT molecular complexity index is 2300. The van der Waals surface area contributed by atoms with E-state index in [1.165, 1.54) is 21.6 Å². The molecule has 9 amide bonds. The van der Waals surface area contributed by atoms with E-state index >= 15 is 0 Å². The smallest absolute Gasteiger partial charge is 0.326 e. The van der Waals surface area contributed by atoms with Gasteiger partial charge in [-0.1, -0.05) is 0 Å². The van der Waals surface area contributed by atoms with E-state index in [9.17, 15) is 82.8 Å². The summed E-state index contributed by atoms with van der Waals surface area (Å²) in [5.74, 6) is -13.0. The van der Waals surface area contributed by atoms with E-state index in [2.05, 4.69) is 31.6 Å². The maximum absolute atomic E-state index is 14.1. The van der Waals surface area contributed by atoms with Gasteiger partial charge in [0.25, 0.3) is 0 Å². The summed E-state index contributed by atoms with van der Waals surface area (Å²) in [4.78, 5) is 178. The number of aliphatic hydroxyl groups is 1. The van der Waals surface area contributed by atoms with Crippen molar-refractivity contribution in [3.63, 3.8) is 0 Å². The molecule has 4 aliphatic rings. The second-order valence-electron chi connectivity index (χ2n) is 19.6. The van der Waals surface area contributed by atoms with Gasteiger partial charge in [-0.2, -0.15) is 0 Å². The number of carboxylic acids is 4. The summed E-state index contributed by atoms with van der Waals surface area (Å²) in [5.41, 5.74) is 16.8. The van der Waals surface area contributed by atoms with Gasteiger partial charge in [0, 0.05) is 52.0 Å². The summed E-state index contributed by atoms with van der Waals surface area (Å²) in [6.07, 6.45) is -0.675. The van der Waals surface area contributed by atoms with Gasteiger partial charge in [-0.3, -0.25) is 62.5 Å². The summed E-state index contributed by atoms with van der Waals surface area (Å²) in [7, 11) is 0. The summed E-state index contributed by atoms with van der Waals surface area (Å²) in [6.45, 7) is 0.851. The molecule has 0 saturated carbocycles. The standard InChI is InChI=1S/C47H73N13O18/c1-24(42(73)60-22-6-11-33(60)45(76)59-21-5-10-32(59)39(70)53-26(12-15-34(62)63)37(68)55-28(46(77)78)14-17-36(66)67)52-38(69)29(23-61)56-41(72)31-9-4-20-58(31)44(75)27(13-16-35(64)65)54-40(71)30-8-3-19-57(30)43(74)25(48)7-2-18-51-47(49)50/h24-33,61H,2-23,48H2,1H3,(H,52,69)(H,53,70)(H,54,71)(H,55,68)(H,56,72)(H,62,63)(H,64,65)(H,66,67)(H,77,78)(H4,49,50,51)/t24-,25-,26-,27-,28-,29-,30-,31-,32-,33-/m0/s1. The Morgan fingerprint density at radius 2 is 0.923 bits per heavy atom. The van der Waals surface area contributed by atoms with E-state index in [0.717, 1.165) is 4.90 Å². The molecule has 0 spiro atoms. The third-order valence-corrected chi connectivity index (χ3v) is 14.0. The number of carbonyl (C=O) groups is 13. The van der Waals surface area contributed by atoms with Crippen LogP contribution in [0.4, 0.5) is 0 Å². The molecule has 0 unspecified atom stereocenters. The highest BCUT2D eigenvalue weighted by atomic mass is 16.4. The molecule has 4 aliphatic heterocycles. The molecule has 0 aromatic heterocycles. The Kier molecular flexibility index (Phi) is 23.9. The van der Waals surface area contributed by atoms with Crippen molar-refractivity contribution < 1.29 is 87.9 Å². The van der Waals surface area contributed by atoms with E-state index < -0.39 is 176 Å². The van der Waals surface area contributed by atoms with Gasteiger partial charge in [0.1, 0.15) is 54.4 Å². The lowest BCUT2D eigenvalue weighted by atomic mass is 10.1. The van der Waals surface area contributed by atoms with E-state index in [1.807, 2.05) is 0 Å². The van der Waals surface area contributed by atoms with Gasteiger partial charge in [-0.05, 0) is 90.4 Å². The fourth-order valence-electron chi connectivity index (χ4n) is 9.93. The molecule has 0 bridgehead atoms. The van der Waals surface area contributed by atoms with Crippen molar-refractivity contribution in [2.24, 2.45) is 22.2 Å². The fraction of sp³-hybridized carbons (Fsp3) is 0.702. The topological polar surface area (TPSA) is 487 Å². The Morgan fingerprint density at radius 1 is 0.513 bits per heavy atom. The van der Waals surface area contributed by atoms with Gasteiger partial charge in [-0.25, -0.2) is 4.79 Å². The predicted octanol–water partition coefficient (Wildman–Crippen LogP) is -5.55. The average Bonchev–Trinajstić information content (AvgIpc) is 4.25. The minimum atomic E-state index is -1.68. The molecule has 0 aromatic rings. The molecule has 4 rings (SSSR count). The molecule has 31 heteroatoms. The van der Waals surface area contributed by atoms with Crippen LogP contribution in [0.2, 0.25) is 0 Å². The second-order valence-corrected chi connectivity index (χ2v) is 19.6. The SMILES string of the molecule is C[C@H](NC(=O)[C@H](CO)NC(=O)[C@@H]1CCCN1C(=O)[C@H](CCC(=O)O)NC(=O)[C@@H]1CCCN1C(=O)[C@@H](N)CCCN=C(N)N)C(=O)N1CCC[C@H]1C(=O)N1CCC[C@H]1C(=O)N[C@@H](CCC(=O)O)C(=O)N[C@@H](CCC(=O)O)C(=O)O. The number of carboxylic acid groups (broad SMARTS) is 4. The Labute approximate surface area is 447 Å². The van der Waals surface area contributed by atoms with Gasteiger partial charge >= 0.3 is 23.9 Å². The first-order valence-corrected chi connectivity index (χ1v) is 25.9. The van der Waals surface area contributed by atoms with Crippen molar-refractivity contribution in [3.8, 4) is 0 Å². The molecule has 0 aromatic carbocycles. The van der Waals surface area contributed by atoms with Crippen LogP contribution in [0, 0.1) is 0 Å². The molecule has 10 atom stereocenters. The van der Waals surface area contributed by atoms with Crippen LogP contribution in [0.1, 0.15) is 110 Å². The number of carbonyl (C=O) groups excluding carboxylic acids is 9. The fourth-order valence-corrected chi connectivity index (χ4v) is 9.93. The zero-order chi connectivity index (χ0) is 58.0. The van der Waals surface area contributed by atoms with Crippen LogP contribution in [-0.2, 0) is 62.3 Å². The molecule has 4 heterocycles. The number of nitrogens with zero attached hydrogens (tertiary/aromatic N) is 5. The minimum absolute atomic E-state index is 0.00375. The zero-order valence-electron chi connectivity index (χ0n) is 43.3. The molecule has 0 aliphatic carbocycles. The highest BCUT2D eigenvalue weighted by Gasteiger charge is 2.45. The molecule has 434 valence electrons. The van der Waals surface area contributed by atoms with Crippen LogP contribution in [-0.4, -0.2) is 228 Å². The van der Waals surface area contributed by atoms with Crippen LogP contribution in [0.5, 0.6) is 0 Å². The number of likely N-dealkylation sites (tertiary alicyclic amines) is 4. The van der Waals surface area contributed by atoms with Crippen molar-refractivity contribution in [2.45, 2.75) is 170 Å². The summed E-state index contributed by atoms with van der Waals surface area (Å²) in [6, 6.07) is -13.3. The molecule has 16 N–H and O–H groups in total. The maximum Gasteiger partial charge on any atom is 0.326 e. The number of aliphatic carboxylic acids is 4. The normalized spacial score (nSPS) is 21.2. The molecule has 78 heavy (non-hydrogen) atoms. The second kappa shape index (κ2) is 29.7. The number of hydrogen-bond acceptors (Lipinski definition) is 16. The number of amides is 9. The van der Waals surface area contributed by atoms with Crippen molar-refractivity contribution >= 4 is 83.0 Å². The maximum atomic E-state index is 14.1. The molecular weight excluding hydrogens is 1030 g/mol. The van der Waals surface area contributed by atoms with Gasteiger partial charge in [0.2, 0.25) is 53.2 Å². The highest BCUT2D eigenvalue weighted by molar-refractivity contribution is 5.99. The van der Waals surface area contributed by atoms with Crippen LogP contribution in [0.3, 0.4) is 0 Å². The zero-order valence-corrected chi connectivity index (χ0v) is 43.3. The van der Waals surface area contributed by atoms with Gasteiger partial charge in [0.15, 0.2) is 5.96 Å². The monoisotopic (exact) mass is 1110 g/mol. The van der Waals surface area contributed by atoms with Crippen LogP contribution >= 0.6 is 0 Å². The number of rotatable bonds is 29. The summed E-state index contributed by atoms with van der Waals surface area (Å²) >= 11 is 0. The lowest BCUT2D eigenvalue weighted by Gasteiger charge is -2.33. The van der Waals surface area contributed by atoms with Crippen molar-refractivity contribution in [2.75, 3.05) is 39.3 Å². The van der Waals surface area contributed by atoms with Crippen molar-refractivity contribution in [3.05, 3.63) is 0 Å². The van der Waals surface area contributed by atoms with Gasteiger partial charge < -0.3 is 88.9 Å². The number of aliphatic hydroxyl groups excluding tert-OH is 1. The Balaban J connectivity index is 1.38. The first-order chi connectivity index (χ1) is 36.9. The molecular formula is C47H73N13O18. The number of nitrogens with two attached hydrogens (primary N) is 3. The predicted molar refractivity (Wildman–Crippen MR) is 267 cm³/mol. The molecule has 4 fully saturated rings. The number of aliphatic imine (C=N–C) groups is 1. The first kappa shape index (κ1) is 62.8. The van der Waals surface area contributed by atoms with Crippen molar-refractivity contribution in [1.29, 1.82) is 0 Å². The third kappa shape index (κ3) is 17.7. The summed E-state index contributed by atoms with van der Waals surface area (Å²) < 4.78 is 0. The van der Waals surface area contributed by atoms with Gasteiger partial charge in [0.05, 0.1) is 12.6 Å². The largest absolute Gasteiger partial charge is 0.481 e. The quantitative estimate of drug-likeness (QED) is 0.0189. The summed E-state index contributed by atoms with van der Waals surface area (Å²) in [5, 5.41) is 59.5. The first-order valence-electron chi connectivity index (χ1n) is 25.9. The van der Waals surface area contributed by atoms with E-state index in [0.29, 0.717) is 25.7 Å². The molecule has 31 nitrogen and oxygen atoms in total. The highest BCUT2D eigenvalue weighted by Crippen LogP contribution is 2.27. The van der Waals surface area contributed by atoms with E-state index in [-0.39, 0.29) is 83.6 Å². The minimum Gasteiger partial charge on any atom is -0.481 e. The molecule has 4 saturated heterocycles. The Morgan fingerprint density at radius 3 is 1.41 bits per heavy atom. The third-order valence-electron chi connectivity index (χ3n) is 14.0.